The number of nitrogens with two attached hydrogens (primary N) is 1. The van der Waals surface area contributed by atoms with Crippen LogP contribution < -0.4 is 16.4 Å². The van der Waals surface area contributed by atoms with Crippen LogP contribution in [0.2, 0.25) is 0 Å². The summed E-state index contributed by atoms with van der Waals surface area (Å²) in [5.41, 5.74) is 6.48. The van der Waals surface area contributed by atoms with Gasteiger partial charge in [0.1, 0.15) is 5.83 Å². The molecule has 0 aromatic rings. The summed E-state index contributed by atoms with van der Waals surface area (Å²) in [5.74, 6) is 0.221. The van der Waals surface area contributed by atoms with Gasteiger partial charge in [0.25, 0.3) is 0 Å². The summed E-state index contributed by atoms with van der Waals surface area (Å²) >= 11 is 0. The van der Waals surface area contributed by atoms with E-state index in [4.69, 9.17) is 10.5 Å². The van der Waals surface area contributed by atoms with Crippen molar-refractivity contribution in [2.75, 3.05) is 18.8 Å². The minimum Gasteiger partial charge on any atom is -0.376 e. The Morgan fingerprint density at radius 2 is 1.93 bits per heavy atom. The van der Waals surface area contributed by atoms with E-state index in [2.05, 4.69) is 31.4 Å². The average Bonchev–Trinajstić information content (AvgIpc) is 3.05. The molecule has 0 spiro atoms. The van der Waals surface area contributed by atoms with Crippen LogP contribution in [0.15, 0.2) is 24.1 Å². The van der Waals surface area contributed by atoms with Crippen molar-refractivity contribution < 1.29 is 22.3 Å². The summed E-state index contributed by atoms with van der Waals surface area (Å²) in [5, 5.41) is 6.95. The molecule has 2 aliphatic carbocycles. The maximum absolute atomic E-state index is 14.0. The zero-order valence-electron chi connectivity index (χ0n) is 25.8. The van der Waals surface area contributed by atoms with Crippen LogP contribution in [0.5, 0.6) is 0 Å². The van der Waals surface area contributed by atoms with Crippen molar-refractivity contribution in [1.82, 2.24) is 14.9 Å². The molecule has 4 N–H and O–H groups in total. The molecule has 11 atom stereocenters. The second-order valence-corrected chi connectivity index (χ2v) is 16.2. The number of carbonyl (C=O) groups is 1. The molecule has 3 heterocycles. The predicted molar refractivity (Wildman–Crippen MR) is 164 cm³/mol. The first-order valence-electron chi connectivity index (χ1n) is 16.4. The van der Waals surface area contributed by atoms with Crippen LogP contribution in [-0.2, 0) is 19.6 Å². The minimum absolute atomic E-state index is 0.0294. The van der Waals surface area contributed by atoms with Crippen molar-refractivity contribution in [3.63, 3.8) is 0 Å². The molecule has 5 aliphatic rings. The third-order valence-corrected chi connectivity index (χ3v) is 12.9. The molecular weight excluding hydrogens is 555 g/mol. The first kappa shape index (κ1) is 32.1. The zero-order valence-corrected chi connectivity index (χ0v) is 26.6. The third kappa shape index (κ3) is 7.31. The molecule has 3 saturated heterocycles. The molecule has 1 amide bonds. The zero-order chi connectivity index (χ0) is 30.1. The lowest BCUT2D eigenvalue weighted by molar-refractivity contribution is -0.129. The minimum atomic E-state index is -3.22. The van der Waals surface area contributed by atoms with E-state index < -0.39 is 21.5 Å². The molecule has 3 unspecified atom stereocenters. The summed E-state index contributed by atoms with van der Waals surface area (Å²) in [4.78, 5) is 13.9. The third-order valence-electron chi connectivity index (χ3n) is 10.9. The lowest BCUT2D eigenvalue weighted by Gasteiger charge is -2.47. The maximum Gasteiger partial charge on any atom is 0.237 e. The van der Waals surface area contributed by atoms with Crippen molar-refractivity contribution in [3.05, 3.63) is 24.1 Å². The number of nitrogens with one attached hydrogen (secondary N) is 2. The largest absolute Gasteiger partial charge is 0.376 e. The van der Waals surface area contributed by atoms with Crippen molar-refractivity contribution in [2.24, 2.45) is 28.9 Å². The molecule has 8 nitrogen and oxygen atoms in total. The van der Waals surface area contributed by atoms with Gasteiger partial charge < -0.3 is 21.1 Å². The second-order valence-electron chi connectivity index (χ2n) is 14.2. The first-order chi connectivity index (χ1) is 19.9. The van der Waals surface area contributed by atoms with Gasteiger partial charge in [0, 0.05) is 31.2 Å². The number of rotatable bonds is 8. The number of amides is 1. The molecule has 0 aromatic heterocycles. The standard InChI is InChI=1S/C32H53FN4O4S/c1-21-17-24(18-22(2)41-21)29(32(3)14-12-25(33)13-15-32)30(34)31(38)36-28-9-5-4-7-23(28)10-11-27-19-35-26-8-6-16-42(39,40)37(27)20-26/h12-14,21-24,26-30,35H,4-11,15-20,34H2,1-3H3,(H,36,38)/t21-,22+,23-,24?,26-,27+,28+,29+,30+,32?/m1/s1. The molecule has 2 bridgehead atoms. The number of carbonyl (C=O) groups excluding carboxylic acids is 1. The van der Waals surface area contributed by atoms with Crippen molar-refractivity contribution in [3.8, 4) is 0 Å². The van der Waals surface area contributed by atoms with Crippen LogP contribution in [0.25, 0.3) is 0 Å². The highest BCUT2D eigenvalue weighted by atomic mass is 32.2. The fraction of sp³-hybridized carbons (Fsp3) is 0.844. The van der Waals surface area contributed by atoms with Crippen LogP contribution in [0.4, 0.5) is 4.39 Å². The topological polar surface area (TPSA) is 114 Å². The van der Waals surface area contributed by atoms with Crippen molar-refractivity contribution >= 4 is 15.9 Å². The normalized spacial score (nSPS) is 41.7. The van der Waals surface area contributed by atoms with Gasteiger partial charge in [0.15, 0.2) is 0 Å². The predicted octanol–water partition coefficient (Wildman–Crippen LogP) is 4.17. The highest BCUT2D eigenvalue weighted by Crippen LogP contribution is 2.47. The van der Waals surface area contributed by atoms with Crippen molar-refractivity contribution in [1.29, 1.82) is 0 Å². The van der Waals surface area contributed by atoms with E-state index in [0.717, 1.165) is 57.8 Å². The molecule has 238 valence electrons. The van der Waals surface area contributed by atoms with Gasteiger partial charge in [-0.2, -0.15) is 4.31 Å². The Balaban J connectivity index is 1.27. The summed E-state index contributed by atoms with van der Waals surface area (Å²) < 4.78 is 47.7. The summed E-state index contributed by atoms with van der Waals surface area (Å²) in [6.07, 6.45) is 14.8. The number of hydrogen-bond donors (Lipinski definition) is 3. The number of halogens is 1. The van der Waals surface area contributed by atoms with E-state index >= 15 is 0 Å². The Morgan fingerprint density at radius 3 is 2.64 bits per heavy atom. The fourth-order valence-corrected chi connectivity index (χ4v) is 10.6. The molecule has 0 aromatic carbocycles. The number of hydrogen-bond acceptors (Lipinski definition) is 6. The van der Waals surface area contributed by atoms with Crippen LogP contribution in [0.1, 0.15) is 91.4 Å². The monoisotopic (exact) mass is 608 g/mol. The number of nitrogens with zero attached hydrogens (tertiary/aromatic N) is 1. The molecule has 5 rings (SSSR count). The van der Waals surface area contributed by atoms with E-state index in [1.807, 2.05) is 6.08 Å². The Labute approximate surface area is 252 Å². The summed E-state index contributed by atoms with van der Waals surface area (Å²) in [6.45, 7) is 7.54. The highest BCUT2D eigenvalue weighted by molar-refractivity contribution is 7.89. The number of allylic oxidation sites excluding steroid dienone is 4. The van der Waals surface area contributed by atoms with Gasteiger partial charge in [0.05, 0.1) is 24.0 Å². The molecule has 4 fully saturated rings. The second kappa shape index (κ2) is 13.3. The van der Waals surface area contributed by atoms with E-state index in [1.165, 1.54) is 6.08 Å². The van der Waals surface area contributed by atoms with Gasteiger partial charge >= 0.3 is 0 Å². The van der Waals surface area contributed by atoms with Gasteiger partial charge in [-0.05, 0) is 107 Å². The average molecular weight is 609 g/mol. The fourth-order valence-electron chi connectivity index (χ4n) is 8.80. The summed E-state index contributed by atoms with van der Waals surface area (Å²) in [6, 6.07) is -0.467. The van der Waals surface area contributed by atoms with Crippen molar-refractivity contribution in [2.45, 2.75) is 128 Å². The Kier molecular flexibility index (Phi) is 10.2. The van der Waals surface area contributed by atoms with Crippen LogP contribution in [0, 0.1) is 23.2 Å². The van der Waals surface area contributed by atoms with Gasteiger partial charge in [-0.25, -0.2) is 12.8 Å². The first-order valence-corrected chi connectivity index (χ1v) is 18.1. The van der Waals surface area contributed by atoms with E-state index in [1.54, 1.807) is 10.4 Å². The van der Waals surface area contributed by atoms with E-state index in [0.29, 0.717) is 31.8 Å². The molecule has 0 radical (unpaired) electrons. The quantitative estimate of drug-likeness (QED) is 0.381. The number of ether oxygens (including phenoxy) is 1. The molecule has 10 heteroatoms. The van der Waals surface area contributed by atoms with Crippen LogP contribution in [0.3, 0.4) is 0 Å². The molecular formula is C32H53FN4O4S. The van der Waals surface area contributed by atoms with Crippen LogP contribution in [-0.4, -0.2) is 73.8 Å². The van der Waals surface area contributed by atoms with E-state index in [9.17, 15) is 17.6 Å². The highest BCUT2D eigenvalue weighted by Gasteiger charge is 2.47. The van der Waals surface area contributed by atoms with Gasteiger partial charge in [-0.15, -0.1) is 0 Å². The lowest BCUT2D eigenvalue weighted by atomic mass is 9.61. The Bertz CT molecular complexity index is 1120. The van der Waals surface area contributed by atoms with E-state index in [-0.39, 0.29) is 59.7 Å². The molecule has 42 heavy (non-hydrogen) atoms. The Hall–Kier alpha value is -1.33. The maximum atomic E-state index is 14.0. The SMILES string of the molecule is C[C@@H]1CC([C@@H]([C@H](N)C(=O)N[C@H]2CCCC[C@@H]2CC[C@H]2CN[C@@H]3CCCS(=O)(=O)N2C3)C2(C)C=CC(F)=CC2)C[C@H](C)O1. The smallest absolute Gasteiger partial charge is 0.237 e. The number of piperazine rings is 1. The summed E-state index contributed by atoms with van der Waals surface area (Å²) in [7, 11) is -3.22. The lowest BCUT2D eigenvalue weighted by Crippen LogP contribution is -2.58. The molecule has 1 saturated carbocycles. The van der Waals surface area contributed by atoms with Crippen LogP contribution >= 0.6 is 0 Å². The van der Waals surface area contributed by atoms with Gasteiger partial charge in [-0.3, -0.25) is 4.79 Å². The van der Waals surface area contributed by atoms with Gasteiger partial charge in [0.2, 0.25) is 15.9 Å². The van der Waals surface area contributed by atoms with Gasteiger partial charge in [-0.1, -0.05) is 25.8 Å². The molecule has 3 aliphatic heterocycles. The number of fused-ring (bicyclic) bond motifs is 2. The Morgan fingerprint density at radius 1 is 1.19 bits per heavy atom. The number of sulfonamides is 1.